The number of carbonyl (C=O) groups excluding carboxylic acids is 1. The Morgan fingerprint density at radius 1 is 1.47 bits per heavy atom. The third-order valence-corrected chi connectivity index (χ3v) is 3.27. The lowest BCUT2D eigenvalue weighted by atomic mass is 10.2. The highest BCUT2D eigenvalue weighted by molar-refractivity contribution is 7.89. The Kier molecular flexibility index (Phi) is 4.47. The molecule has 4 N–H and O–H groups in total. The molecule has 0 bridgehead atoms. The van der Waals surface area contributed by atoms with Gasteiger partial charge in [0.2, 0.25) is 10.0 Å². The Hall–Kier alpha value is -1.15. The standard InChI is InChI=1S/C9H12ClN3O3S/c1-2-12-13-9(14)6-3-4-7(10)8(5-6)17(11,15)16/h3-5,12H,2H2,1H3,(H,13,14)(H2,11,15,16). The van der Waals surface area contributed by atoms with E-state index < -0.39 is 15.9 Å². The highest BCUT2D eigenvalue weighted by Crippen LogP contribution is 2.21. The van der Waals surface area contributed by atoms with Gasteiger partial charge in [0, 0.05) is 12.1 Å². The second-order valence-electron chi connectivity index (χ2n) is 3.17. The van der Waals surface area contributed by atoms with Crippen LogP contribution in [0.3, 0.4) is 0 Å². The number of amides is 1. The van der Waals surface area contributed by atoms with Gasteiger partial charge in [0.1, 0.15) is 4.90 Å². The van der Waals surface area contributed by atoms with Crippen LogP contribution in [0.1, 0.15) is 17.3 Å². The fourth-order valence-electron chi connectivity index (χ4n) is 1.10. The van der Waals surface area contributed by atoms with Gasteiger partial charge in [-0.05, 0) is 18.2 Å². The number of benzene rings is 1. The molecule has 8 heteroatoms. The van der Waals surface area contributed by atoms with Crippen molar-refractivity contribution in [2.45, 2.75) is 11.8 Å². The maximum Gasteiger partial charge on any atom is 0.265 e. The molecular formula is C9H12ClN3O3S. The van der Waals surface area contributed by atoms with Gasteiger partial charge in [-0.1, -0.05) is 18.5 Å². The highest BCUT2D eigenvalue weighted by Gasteiger charge is 2.16. The number of nitrogens with two attached hydrogens (primary N) is 1. The molecular weight excluding hydrogens is 266 g/mol. The summed E-state index contributed by atoms with van der Waals surface area (Å²) in [6, 6.07) is 3.84. The number of nitrogens with one attached hydrogen (secondary N) is 2. The van der Waals surface area contributed by atoms with E-state index in [9.17, 15) is 13.2 Å². The predicted molar refractivity (Wildman–Crippen MR) is 64.0 cm³/mol. The monoisotopic (exact) mass is 277 g/mol. The summed E-state index contributed by atoms with van der Waals surface area (Å²) < 4.78 is 22.4. The minimum Gasteiger partial charge on any atom is -0.287 e. The van der Waals surface area contributed by atoms with E-state index in [1.807, 2.05) is 0 Å². The minimum atomic E-state index is -3.94. The van der Waals surface area contributed by atoms with Crippen molar-refractivity contribution in [2.75, 3.05) is 6.54 Å². The Morgan fingerprint density at radius 2 is 2.12 bits per heavy atom. The molecule has 1 amide bonds. The molecule has 0 aliphatic carbocycles. The van der Waals surface area contributed by atoms with Crippen LogP contribution in [0.4, 0.5) is 0 Å². The molecule has 0 fully saturated rings. The summed E-state index contributed by atoms with van der Waals surface area (Å²) in [4.78, 5) is 11.3. The summed E-state index contributed by atoms with van der Waals surface area (Å²) in [5, 5.41) is 4.95. The van der Waals surface area contributed by atoms with Crippen molar-refractivity contribution in [3.63, 3.8) is 0 Å². The second kappa shape index (κ2) is 5.46. The maximum absolute atomic E-state index is 11.5. The van der Waals surface area contributed by atoms with Gasteiger partial charge in [0.25, 0.3) is 5.91 Å². The van der Waals surface area contributed by atoms with E-state index in [4.69, 9.17) is 16.7 Å². The highest BCUT2D eigenvalue weighted by atomic mass is 35.5. The first-order valence-electron chi connectivity index (χ1n) is 4.71. The van der Waals surface area contributed by atoms with Crippen molar-refractivity contribution >= 4 is 27.5 Å². The van der Waals surface area contributed by atoms with Gasteiger partial charge >= 0.3 is 0 Å². The summed E-state index contributed by atoms with van der Waals surface area (Å²) in [7, 11) is -3.94. The third-order valence-electron chi connectivity index (χ3n) is 1.88. The van der Waals surface area contributed by atoms with Crippen LogP contribution in [0.25, 0.3) is 0 Å². The zero-order valence-electron chi connectivity index (χ0n) is 9.03. The molecule has 1 aromatic carbocycles. The lowest BCUT2D eigenvalue weighted by Gasteiger charge is -2.07. The average Bonchev–Trinajstić information content (AvgIpc) is 2.25. The van der Waals surface area contributed by atoms with Crippen molar-refractivity contribution in [1.82, 2.24) is 10.9 Å². The van der Waals surface area contributed by atoms with Crippen molar-refractivity contribution in [2.24, 2.45) is 5.14 Å². The molecule has 0 saturated carbocycles. The largest absolute Gasteiger partial charge is 0.287 e. The van der Waals surface area contributed by atoms with Gasteiger partial charge in [-0.3, -0.25) is 10.2 Å². The van der Waals surface area contributed by atoms with Crippen molar-refractivity contribution in [3.8, 4) is 0 Å². The molecule has 6 nitrogen and oxygen atoms in total. The molecule has 17 heavy (non-hydrogen) atoms. The molecule has 0 aliphatic heterocycles. The molecule has 94 valence electrons. The van der Waals surface area contributed by atoms with E-state index in [1.165, 1.54) is 12.1 Å². The molecule has 0 aromatic heterocycles. The van der Waals surface area contributed by atoms with Crippen molar-refractivity contribution < 1.29 is 13.2 Å². The fraction of sp³-hybridized carbons (Fsp3) is 0.222. The van der Waals surface area contributed by atoms with Gasteiger partial charge < -0.3 is 0 Å². The van der Waals surface area contributed by atoms with Crippen LogP contribution in [0.15, 0.2) is 23.1 Å². The van der Waals surface area contributed by atoms with Crippen LogP contribution in [0, 0.1) is 0 Å². The summed E-state index contributed by atoms with van der Waals surface area (Å²) in [6.45, 7) is 2.35. The molecule has 0 saturated heterocycles. The predicted octanol–water partition coefficient (Wildman–Crippen LogP) is 0.242. The topological polar surface area (TPSA) is 101 Å². The van der Waals surface area contributed by atoms with Gasteiger partial charge in [0.15, 0.2) is 0 Å². The van der Waals surface area contributed by atoms with Gasteiger partial charge in [-0.2, -0.15) is 0 Å². The number of hydrogen-bond acceptors (Lipinski definition) is 4. The van der Waals surface area contributed by atoms with Crippen molar-refractivity contribution in [1.29, 1.82) is 0 Å². The number of sulfonamides is 1. The van der Waals surface area contributed by atoms with Gasteiger partial charge in [0.05, 0.1) is 5.02 Å². The zero-order valence-corrected chi connectivity index (χ0v) is 10.6. The molecule has 0 unspecified atom stereocenters. The zero-order chi connectivity index (χ0) is 13.1. The quantitative estimate of drug-likeness (QED) is 0.686. The van der Waals surface area contributed by atoms with E-state index in [0.717, 1.165) is 6.07 Å². The van der Waals surface area contributed by atoms with E-state index >= 15 is 0 Å². The number of hydrogen-bond donors (Lipinski definition) is 3. The molecule has 1 rings (SSSR count). The number of carbonyl (C=O) groups is 1. The van der Waals surface area contributed by atoms with Crippen LogP contribution >= 0.6 is 11.6 Å². The molecule has 0 heterocycles. The fourth-order valence-corrected chi connectivity index (χ4v) is 2.17. The van der Waals surface area contributed by atoms with E-state index in [1.54, 1.807) is 6.92 Å². The average molecular weight is 278 g/mol. The summed E-state index contributed by atoms with van der Waals surface area (Å²) in [5.41, 5.74) is 5.14. The van der Waals surface area contributed by atoms with Crippen LogP contribution in [0.5, 0.6) is 0 Å². The number of hydrazine groups is 1. The van der Waals surface area contributed by atoms with Crippen LogP contribution in [-0.4, -0.2) is 20.9 Å². The molecule has 1 aromatic rings. The Bertz CT molecular complexity index is 530. The number of primary sulfonamides is 1. The Balaban J connectivity index is 3.09. The van der Waals surface area contributed by atoms with E-state index in [-0.39, 0.29) is 15.5 Å². The van der Waals surface area contributed by atoms with Crippen molar-refractivity contribution in [3.05, 3.63) is 28.8 Å². The first-order chi connectivity index (χ1) is 7.86. The Labute approximate surface area is 104 Å². The van der Waals surface area contributed by atoms with Crippen LogP contribution in [0.2, 0.25) is 5.02 Å². The second-order valence-corrected chi connectivity index (χ2v) is 5.11. The smallest absolute Gasteiger partial charge is 0.265 e. The minimum absolute atomic E-state index is 0.0208. The summed E-state index contributed by atoms with van der Waals surface area (Å²) in [5.74, 6) is -0.464. The van der Waals surface area contributed by atoms with Gasteiger partial charge in [-0.25, -0.2) is 19.0 Å². The first kappa shape index (κ1) is 13.9. The molecule has 0 spiro atoms. The van der Waals surface area contributed by atoms with E-state index in [0.29, 0.717) is 6.54 Å². The molecule has 0 radical (unpaired) electrons. The molecule has 0 atom stereocenters. The lowest BCUT2D eigenvalue weighted by molar-refractivity contribution is 0.0934. The number of halogens is 1. The molecule has 0 aliphatic rings. The summed E-state index contributed by atoms with van der Waals surface area (Å²) >= 11 is 5.68. The normalized spacial score (nSPS) is 11.2. The third kappa shape index (κ3) is 3.67. The Morgan fingerprint density at radius 3 is 2.65 bits per heavy atom. The lowest BCUT2D eigenvalue weighted by Crippen LogP contribution is -2.37. The SMILES string of the molecule is CCNNC(=O)c1ccc(Cl)c(S(N)(=O)=O)c1. The van der Waals surface area contributed by atoms with Crippen LogP contribution in [-0.2, 0) is 10.0 Å². The number of rotatable bonds is 4. The summed E-state index contributed by atoms with van der Waals surface area (Å²) in [6.07, 6.45) is 0. The van der Waals surface area contributed by atoms with Crippen LogP contribution < -0.4 is 16.0 Å². The first-order valence-corrected chi connectivity index (χ1v) is 6.64. The maximum atomic E-state index is 11.5. The van der Waals surface area contributed by atoms with Gasteiger partial charge in [-0.15, -0.1) is 0 Å². The van der Waals surface area contributed by atoms with E-state index in [2.05, 4.69) is 10.9 Å².